The van der Waals surface area contributed by atoms with E-state index in [-0.39, 0.29) is 11.9 Å². The number of aromatic nitrogens is 1. The van der Waals surface area contributed by atoms with Crippen LogP contribution in [0.3, 0.4) is 0 Å². The van der Waals surface area contributed by atoms with Crippen molar-refractivity contribution in [3.05, 3.63) is 53.2 Å². The van der Waals surface area contributed by atoms with E-state index in [9.17, 15) is 4.79 Å². The predicted molar refractivity (Wildman–Crippen MR) is 102 cm³/mol. The summed E-state index contributed by atoms with van der Waals surface area (Å²) < 4.78 is 0. The second-order valence-electron chi connectivity index (χ2n) is 6.29. The van der Waals surface area contributed by atoms with Crippen LogP contribution in [0.1, 0.15) is 12.5 Å². The van der Waals surface area contributed by atoms with E-state index in [1.807, 2.05) is 56.4 Å². The number of anilines is 2. The van der Waals surface area contributed by atoms with Crippen molar-refractivity contribution in [2.75, 3.05) is 36.4 Å². The third-order valence-electron chi connectivity index (χ3n) is 4.74. The molecule has 1 aliphatic heterocycles. The summed E-state index contributed by atoms with van der Waals surface area (Å²) in [6.07, 6.45) is 1.81. The van der Waals surface area contributed by atoms with Gasteiger partial charge in [0.15, 0.2) is 0 Å². The van der Waals surface area contributed by atoms with Crippen LogP contribution in [0.4, 0.5) is 11.5 Å². The van der Waals surface area contributed by atoms with Gasteiger partial charge in [0.2, 0.25) is 5.91 Å². The van der Waals surface area contributed by atoms with Crippen LogP contribution >= 0.6 is 11.6 Å². The van der Waals surface area contributed by atoms with Gasteiger partial charge in [-0.2, -0.15) is 0 Å². The van der Waals surface area contributed by atoms with E-state index in [0.29, 0.717) is 5.02 Å². The molecule has 1 saturated heterocycles. The third-order valence-corrected chi connectivity index (χ3v) is 5.15. The Kier molecular flexibility index (Phi) is 5.56. The normalized spacial score (nSPS) is 16.5. The Morgan fingerprint density at radius 1 is 1.16 bits per heavy atom. The number of nitrogens with one attached hydrogen (secondary N) is 1. The van der Waals surface area contributed by atoms with Gasteiger partial charge in [-0.3, -0.25) is 9.69 Å². The number of carbonyl (C=O) groups excluding carboxylic acids is 1. The zero-order valence-corrected chi connectivity index (χ0v) is 15.3. The summed E-state index contributed by atoms with van der Waals surface area (Å²) in [5, 5.41) is 3.66. The molecular formula is C19H23ClN4O. The highest BCUT2D eigenvalue weighted by Crippen LogP contribution is 2.23. The van der Waals surface area contributed by atoms with Crippen molar-refractivity contribution >= 4 is 29.0 Å². The Balaban J connectivity index is 1.58. The van der Waals surface area contributed by atoms with Crippen molar-refractivity contribution in [2.24, 2.45) is 0 Å². The maximum absolute atomic E-state index is 12.6. The fourth-order valence-electron chi connectivity index (χ4n) is 3.03. The summed E-state index contributed by atoms with van der Waals surface area (Å²) in [5.74, 6) is 0.991. The van der Waals surface area contributed by atoms with E-state index in [1.54, 1.807) is 0 Å². The number of rotatable bonds is 4. The molecule has 2 aromatic rings. The molecule has 25 heavy (non-hydrogen) atoms. The van der Waals surface area contributed by atoms with Crippen molar-refractivity contribution in [1.82, 2.24) is 9.88 Å². The van der Waals surface area contributed by atoms with Gasteiger partial charge >= 0.3 is 0 Å². The largest absolute Gasteiger partial charge is 0.354 e. The lowest BCUT2D eigenvalue weighted by Crippen LogP contribution is -2.53. The quantitative estimate of drug-likeness (QED) is 0.911. The molecule has 1 fully saturated rings. The van der Waals surface area contributed by atoms with Crippen molar-refractivity contribution < 1.29 is 4.79 Å². The molecule has 132 valence electrons. The fourth-order valence-corrected chi connectivity index (χ4v) is 3.20. The first-order valence-corrected chi connectivity index (χ1v) is 8.90. The van der Waals surface area contributed by atoms with Gasteiger partial charge in [-0.05, 0) is 43.7 Å². The second-order valence-corrected chi connectivity index (χ2v) is 6.70. The first kappa shape index (κ1) is 17.7. The summed E-state index contributed by atoms with van der Waals surface area (Å²) in [6, 6.07) is 11.3. The molecule has 1 amide bonds. The van der Waals surface area contributed by atoms with Crippen LogP contribution < -0.4 is 10.2 Å². The van der Waals surface area contributed by atoms with Crippen LogP contribution in [-0.4, -0.2) is 48.0 Å². The molecule has 0 aliphatic carbocycles. The number of benzene rings is 1. The Morgan fingerprint density at radius 2 is 1.92 bits per heavy atom. The Bertz CT molecular complexity index is 729. The number of piperazine rings is 1. The number of halogens is 1. The smallest absolute Gasteiger partial charge is 0.241 e. The minimum Gasteiger partial charge on any atom is -0.354 e. The minimum atomic E-state index is -0.190. The highest BCUT2D eigenvalue weighted by atomic mass is 35.5. The summed E-state index contributed by atoms with van der Waals surface area (Å²) in [6.45, 7) is 7.26. The van der Waals surface area contributed by atoms with Gasteiger partial charge in [-0.1, -0.05) is 23.7 Å². The number of carbonyl (C=O) groups is 1. The second kappa shape index (κ2) is 7.85. The predicted octanol–water partition coefficient (Wildman–Crippen LogP) is 3.19. The number of hydrogen-bond acceptors (Lipinski definition) is 4. The lowest BCUT2D eigenvalue weighted by molar-refractivity contribution is -0.120. The van der Waals surface area contributed by atoms with Crippen molar-refractivity contribution in [2.45, 2.75) is 19.9 Å². The Hall–Kier alpha value is -2.11. The molecule has 2 heterocycles. The van der Waals surface area contributed by atoms with E-state index in [1.165, 1.54) is 0 Å². The first-order chi connectivity index (χ1) is 12.1. The third kappa shape index (κ3) is 4.11. The first-order valence-electron chi connectivity index (χ1n) is 8.52. The van der Waals surface area contributed by atoms with E-state index in [4.69, 9.17) is 11.6 Å². The summed E-state index contributed by atoms with van der Waals surface area (Å²) in [7, 11) is 0. The number of nitrogens with zero attached hydrogens (tertiary/aromatic N) is 3. The van der Waals surface area contributed by atoms with Gasteiger partial charge in [0.25, 0.3) is 0 Å². The van der Waals surface area contributed by atoms with Crippen LogP contribution in [0.2, 0.25) is 5.02 Å². The molecule has 0 bridgehead atoms. The molecule has 1 aromatic heterocycles. The van der Waals surface area contributed by atoms with E-state index < -0.39 is 0 Å². The van der Waals surface area contributed by atoms with Crippen LogP contribution in [0.25, 0.3) is 0 Å². The SMILES string of the molecule is Cc1c(Cl)cccc1NC(=O)[C@@H](C)N1CCN(c2ccccn2)CC1. The summed E-state index contributed by atoms with van der Waals surface area (Å²) in [4.78, 5) is 21.5. The number of hydrogen-bond donors (Lipinski definition) is 1. The van der Waals surface area contributed by atoms with E-state index in [2.05, 4.69) is 20.1 Å². The molecule has 0 unspecified atom stereocenters. The van der Waals surface area contributed by atoms with Crippen molar-refractivity contribution in [1.29, 1.82) is 0 Å². The van der Waals surface area contributed by atoms with Gasteiger partial charge in [0.1, 0.15) is 5.82 Å². The van der Waals surface area contributed by atoms with Gasteiger partial charge in [-0.15, -0.1) is 0 Å². The van der Waals surface area contributed by atoms with Crippen LogP contribution in [0.15, 0.2) is 42.6 Å². The summed E-state index contributed by atoms with van der Waals surface area (Å²) >= 11 is 6.13. The van der Waals surface area contributed by atoms with Gasteiger partial charge in [0, 0.05) is 43.1 Å². The van der Waals surface area contributed by atoms with Crippen molar-refractivity contribution in [3.8, 4) is 0 Å². The zero-order valence-electron chi connectivity index (χ0n) is 14.6. The van der Waals surface area contributed by atoms with E-state index >= 15 is 0 Å². The Labute approximate surface area is 153 Å². The average molecular weight is 359 g/mol. The standard InChI is InChI=1S/C19H23ClN4O/c1-14-16(20)6-5-7-17(14)22-19(25)15(2)23-10-12-24(13-11-23)18-8-3-4-9-21-18/h3-9,15H,10-13H2,1-2H3,(H,22,25)/t15-/m1/s1. The molecule has 0 radical (unpaired) electrons. The van der Waals surface area contributed by atoms with Crippen molar-refractivity contribution in [3.63, 3.8) is 0 Å². The fraction of sp³-hybridized carbons (Fsp3) is 0.368. The van der Waals surface area contributed by atoms with Crippen LogP contribution in [0.5, 0.6) is 0 Å². The number of pyridine rings is 1. The molecule has 3 rings (SSSR count). The molecule has 0 saturated carbocycles. The highest BCUT2D eigenvalue weighted by Gasteiger charge is 2.26. The number of amides is 1. The molecule has 6 heteroatoms. The molecule has 1 N–H and O–H groups in total. The lowest BCUT2D eigenvalue weighted by atomic mass is 10.1. The lowest BCUT2D eigenvalue weighted by Gasteiger charge is -2.38. The van der Waals surface area contributed by atoms with Gasteiger partial charge in [-0.25, -0.2) is 4.98 Å². The zero-order chi connectivity index (χ0) is 17.8. The molecule has 0 spiro atoms. The van der Waals surface area contributed by atoms with Gasteiger partial charge in [0.05, 0.1) is 6.04 Å². The molecular weight excluding hydrogens is 336 g/mol. The van der Waals surface area contributed by atoms with E-state index in [0.717, 1.165) is 43.2 Å². The molecule has 1 aliphatic rings. The molecule has 5 nitrogen and oxygen atoms in total. The van der Waals surface area contributed by atoms with Crippen LogP contribution in [0, 0.1) is 6.92 Å². The summed E-state index contributed by atoms with van der Waals surface area (Å²) in [5.41, 5.74) is 1.67. The minimum absolute atomic E-state index is 0.00310. The maximum Gasteiger partial charge on any atom is 0.241 e. The average Bonchev–Trinajstić information content (AvgIpc) is 2.65. The Morgan fingerprint density at radius 3 is 2.60 bits per heavy atom. The maximum atomic E-state index is 12.6. The monoisotopic (exact) mass is 358 g/mol. The van der Waals surface area contributed by atoms with Crippen LogP contribution in [-0.2, 0) is 4.79 Å². The highest BCUT2D eigenvalue weighted by molar-refractivity contribution is 6.31. The molecule has 1 aromatic carbocycles. The topological polar surface area (TPSA) is 48.5 Å². The molecule has 1 atom stereocenters. The van der Waals surface area contributed by atoms with Gasteiger partial charge < -0.3 is 10.2 Å².